The number of aromatic nitrogens is 2. The van der Waals surface area contributed by atoms with Crippen LogP contribution in [0.3, 0.4) is 0 Å². The number of anilines is 1. The van der Waals surface area contributed by atoms with Crippen LogP contribution in [-0.2, 0) is 11.3 Å². The largest absolute Gasteiger partial charge is 0.454 e. The second-order valence-corrected chi connectivity index (χ2v) is 5.81. The van der Waals surface area contributed by atoms with E-state index in [0.717, 1.165) is 10.9 Å². The number of nitrogens with one attached hydrogen (secondary N) is 1. The Hall–Kier alpha value is -2.73. The van der Waals surface area contributed by atoms with Crippen LogP contribution in [0.4, 0.5) is 5.69 Å². The molecule has 24 heavy (non-hydrogen) atoms. The van der Waals surface area contributed by atoms with Crippen molar-refractivity contribution < 1.29 is 14.3 Å². The van der Waals surface area contributed by atoms with E-state index in [0.29, 0.717) is 35.2 Å². The molecule has 0 aliphatic carbocycles. The molecule has 0 spiro atoms. The number of rotatable bonds is 4. The number of hydrogen-bond acceptors (Lipinski definition) is 4. The van der Waals surface area contributed by atoms with Gasteiger partial charge < -0.3 is 14.8 Å². The smallest absolute Gasteiger partial charge is 0.231 e. The van der Waals surface area contributed by atoms with Gasteiger partial charge in [-0.15, -0.1) is 0 Å². The molecular formula is C17H14ClN3O3. The summed E-state index contributed by atoms with van der Waals surface area (Å²) in [6, 6.07) is 10.9. The Labute approximate surface area is 142 Å². The zero-order valence-corrected chi connectivity index (χ0v) is 13.4. The summed E-state index contributed by atoms with van der Waals surface area (Å²) in [7, 11) is 0. The molecule has 0 fully saturated rings. The second kappa shape index (κ2) is 6.05. The van der Waals surface area contributed by atoms with Crippen molar-refractivity contribution in [3.05, 3.63) is 47.6 Å². The number of ether oxygens (including phenoxy) is 2. The first kappa shape index (κ1) is 14.8. The lowest BCUT2D eigenvalue weighted by Crippen LogP contribution is -2.14. The zero-order chi connectivity index (χ0) is 16.5. The molecule has 0 radical (unpaired) electrons. The number of nitrogens with zero attached hydrogens (tertiary/aromatic N) is 2. The maximum absolute atomic E-state index is 12.2. The van der Waals surface area contributed by atoms with Gasteiger partial charge in [-0.2, -0.15) is 5.10 Å². The highest BCUT2D eigenvalue weighted by Gasteiger charge is 2.14. The van der Waals surface area contributed by atoms with Crippen LogP contribution in [0.5, 0.6) is 11.5 Å². The Morgan fingerprint density at radius 2 is 2.12 bits per heavy atom. The molecule has 122 valence electrons. The van der Waals surface area contributed by atoms with Gasteiger partial charge >= 0.3 is 0 Å². The fraction of sp³-hybridized carbons (Fsp3) is 0.176. The molecular weight excluding hydrogens is 330 g/mol. The predicted octanol–water partition coefficient (Wildman–Crippen LogP) is 3.45. The predicted molar refractivity (Wildman–Crippen MR) is 90.6 cm³/mol. The van der Waals surface area contributed by atoms with Crippen molar-refractivity contribution in [3.63, 3.8) is 0 Å². The molecule has 7 heteroatoms. The molecule has 1 N–H and O–H groups in total. The maximum atomic E-state index is 12.2. The molecule has 0 atom stereocenters. The van der Waals surface area contributed by atoms with Crippen LogP contribution in [-0.4, -0.2) is 22.5 Å². The monoisotopic (exact) mass is 343 g/mol. The van der Waals surface area contributed by atoms with E-state index in [-0.39, 0.29) is 12.7 Å². The third-order valence-electron chi connectivity index (χ3n) is 3.84. The molecule has 1 amide bonds. The number of aryl methyl sites for hydroxylation is 1. The molecule has 1 aliphatic heterocycles. The fourth-order valence-corrected chi connectivity index (χ4v) is 2.87. The molecule has 1 aliphatic rings. The van der Waals surface area contributed by atoms with Crippen molar-refractivity contribution in [2.24, 2.45) is 0 Å². The lowest BCUT2D eigenvalue weighted by molar-refractivity contribution is -0.116. The molecule has 4 rings (SSSR count). The number of amides is 1. The fourth-order valence-electron chi connectivity index (χ4n) is 2.65. The van der Waals surface area contributed by atoms with Gasteiger partial charge in [-0.05, 0) is 24.3 Å². The molecule has 0 unspecified atom stereocenters. The van der Waals surface area contributed by atoms with Gasteiger partial charge in [0.2, 0.25) is 12.7 Å². The zero-order valence-electron chi connectivity index (χ0n) is 12.7. The van der Waals surface area contributed by atoms with Gasteiger partial charge in [0.15, 0.2) is 11.5 Å². The Bertz CT molecular complexity index is 923. The average molecular weight is 344 g/mol. The van der Waals surface area contributed by atoms with Gasteiger partial charge in [-0.1, -0.05) is 17.7 Å². The Kier molecular flexibility index (Phi) is 3.74. The van der Waals surface area contributed by atoms with Crippen molar-refractivity contribution in [1.29, 1.82) is 0 Å². The number of benzene rings is 2. The molecule has 2 heterocycles. The minimum Gasteiger partial charge on any atom is -0.454 e. The minimum absolute atomic E-state index is 0.0976. The van der Waals surface area contributed by atoms with Crippen LogP contribution in [0.25, 0.3) is 10.9 Å². The van der Waals surface area contributed by atoms with Gasteiger partial charge in [-0.25, -0.2) is 0 Å². The summed E-state index contributed by atoms with van der Waals surface area (Å²) in [5.74, 6) is 1.23. The van der Waals surface area contributed by atoms with Crippen molar-refractivity contribution in [2.45, 2.75) is 13.0 Å². The van der Waals surface area contributed by atoms with Crippen LogP contribution < -0.4 is 14.8 Å². The first-order chi connectivity index (χ1) is 11.7. The molecule has 0 saturated carbocycles. The lowest BCUT2D eigenvalue weighted by atomic mass is 10.2. The highest BCUT2D eigenvalue weighted by molar-refractivity contribution is 6.35. The van der Waals surface area contributed by atoms with E-state index in [2.05, 4.69) is 10.4 Å². The number of carbonyl (C=O) groups is 1. The first-order valence-electron chi connectivity index (χ1n) is 7.50. The first-order valence-corrected chi connectivity index (χ1v) is 7.88. The van der Waals surface area contributed by atoms with Gasteiger partial charge in [0.1, 0.15) is 0 Å². The van der Waals surface area contributed by atoms with Crippen molar-refractivity contribution in [1.82, 2.24) is 9.78 Å². The summed E-state index contributed by atoms with van der Waals surface area (Å²) in [6.45, 7) is 0.682. The van der Waals surface area contributed by atoms with E-state index in [1.807, 2.05) is 18.2 Å². The van der Waals surface area contributed by atoms with E-state index in [1.165, 1.54) is 0 Å². The molecule has 2 aromatic carbocycles. The van der Waals surface area contributed by atoms with Crippen molar-refractivity contribution in [3.8, 4) is 11.5 Å². The SMILES string of the molecule is O=C(CCn1ncc2c(Cl)cccc21)Nc1ccc2c(c1)OCO2. The third-order valence-corrected chi connectivity index (χ3v) is 4.17. The van der Waals surface area contributed by atoms with Gasteiger partial charge in [-0.3, -0.25) is 9.48 Å². The number of halogens is 1. The number of hydrogen-bond donors (Lipinski definition) is 1. The molecule has 1 aromatic heterocycles. The van der Waals surface area contributed by atoms with Crippen LogP contribution in [0.1, 0.15) is 6.42 Å². The Balaban J connectivity index is 1.42. The van der Waals surface area contributed by atoms with Crippen molar-refractivity contribution in [2.75, 3.05) is 12.1 Å². The van der Waals surface area contributed by atoms with Gasteiger partial charge in [0.05, 0.1) is 23.3 Å². The summed E-state index contributed by atoms with van der Waals surface area (Å²) in [4.78, 5) is 12.2. The third kappa shape index (κ3) is 2.76. The van der Waals surface area contributed by atoms with Crippen molar-refractivity contribution >= 4 is 34.1 Å². The lowest BCUT2D eigenvalue weighted by Gasteiger charge is -2.07. The average Bonchev–Trinajstić information content (AvgIpc) is 3.20. The number of carbonyl (C=O) groups excluding carboxylic acids is 1. The highest BCUT2D eigenvalue weighted by Crippen LogP contribution is 2.34. The van der Waals surface area contributed by atoms with Crippen LogP contribution in [0, 0.1) is 0 Å². The highest BCUT2D eigenvalue weighted by atomic mass is 35.5. The summed E-state index contributed by atoms with van der Waals surface area (Å²) in [6.07, 6.45) is 2.02. The van der Waals surface area contributed by atoms with E-state index in [4.69, 9.17) is 21.1 Å². The number of fused-ring (bicyclic) bond motifs is 2. The van der Waals surface area contributed by atoms with E-state index >= 15 is 0 Å². The molecule has 0 bridgehead atoms. The molecule has 3 aromatic rings. The van der Waals surface area contributed by atoms with Crippen LogP contribution >= 0.6 is 11.6 Å². The van der Waals surface area contributed by atoms with Gasteiger partial charge in [0.25, 0.3) is 0 Å². The summed E-state index contributed by atoms with van der Waals surface area (Å²) in [5, 5.41) is 8.69. The van der Waals surface area contributed by atoms with E-state index in [1.54, 1.807) is 29.1 Å². The summed E-state index contributed by atoms with van der Waals surface area (Å²) in [5.41, 5.74) is 1.59. The maximum Gasteiger partial charge on any atom is 0.231 e. The second-order valence-electron chi connectivity index (χ2n) is 5.41. The van der Waals surface area contributed by atoms with E-state index < -0.39 is 0 Å². The Morgan fingerprint density at radius 3 is 3.04 bits per heavy atom. The quantitative estimate of drug-likeness (QED) is 0.788. The van der Waals surface area contributed by atoms with Crippen LogP contribution in [0.15, 0.2) is 42.6 Å². The van der Waals surface area contributed by atoms with Gasteiger partial charge in [0, 0.05) is 23.6 Å². The topological polar surface area (TPSA) is 65.4 Å². The summed E-state index contributed by atoms with van der Waals surface area (Å²) < 4.78 is 12.3. The normalized spacial score (nSPS) is 12.5. The molecule has 0 saturated heterocycles. The minimum atomic E-state index is -0.0976. The standard InChI is InChI=1S/C17H14ClN3O3/c18-13-2-1-3-14-12(13)9-19-21(14)7-6-17(22)20-11-4-5-15-16(8-11)24-10-23-15/h1-5,8-9H,6-7,10H2,(H,20,22). The van der Waals surface area contributed by atoms with Crippen LogP contribution in [0.2, 0.25) is 5.02 Å². The summed E-state index contributed by atoms with van der Waals surface area (Å²) >= 11 is 6.13. The molecule has 6 nitrogen and oxygen atoms in total. The van der Waals surface area contributed by atoms with E-state index in [9.17, 15) is 4.79 Å². The Morgan fingerprint density at radius 1 is 1.25 bits per heavy atom.